The van der Waals surface area contributed by atoms with Crippen LogP contribution in [0.4, 0.5) is 0 Å². The highest BCUT2D eigenvalue weighted by Crippen LogP contribution is 2.18. The van der Waals surface area contributed by atoms with E-state index in [2.05, 4.69) is 24.4 Å². The Morgan fingerprint density at radius 3 is 2.43 bits per heavy atom. The van der Waals surface area contributed by atoms with E-state index >= 15 is 0 Å². The summed E-state index contributed by atoms with van der Waals surface area (Å²) in [5.41, 5.74) is 3.05. The number of amides is 1. The first kappa shape index (κ1) is 13.4. The fraction of sp³-hybridized carbons (Fsp3) is 0.105. The van der Waals surface area contributed by atoms with Gasteiger partial charge in [0.25, 0.3) is 5.91 Å². The molecule has 2 nitrogen and oxygen atoms in total. The fourth-order valence-corrected chi connectivity index (χ4v) is 2.41. The number of carbonyl (C=O) groups excluding carboxylic acids is 1. The maximum absolute atomic E-state index is 12.4. The van der Waals surface area contributed by atoms with Crippen molar-refractivity contribution < 1.29 is 4.79 Å². The van der Waals surface area contributed by atoms with Gasteiger partial charge in [-0.3, -0.25) is 4.79 Å². The zero-order valence-corrected chi connectivity index (χ0v) is 12.0. The summed E-state index contributed by atoms with van der Waals surface area (Å²) in [6.45, 7) is 2.60. The van der Waals surface area contributed by atoms with Crippen molar-refractivity contribution in [2.75, 3.05) is 0 Å². The van der Waals surface area contributed by atoms with Crippen LogP contribution in [0, 0.1) is 6.92 Å². The summed E-state index contributed by atoms with van der Waals surface area (Å²) in [5.74, 6) is -0.0348. The van der Waals surface area contributed by atoms with Gasteiger partial charge in [-0.2, -0.15) is 0 Å². The molecule has 3 aromatic rings. The highest BCUT2D eigenvalue weighted by Gasteiger charge is 2.08. The third-order valence-electron chi connectivity index (χ3n) is 3.61. The Kier molecular flexibility index (Phi) is 3.69. The number of benzene rings is 3. The normalized spacial score (nSPS) is 10.5. The molecular weight excluding hydrogens is 258 g/mol. The third kappa shape index (κ3) is 2.95. The molecule has 0 spiro atoms. The lowest BCUT2D eigenvalue weighted by Gasteiger charge is -2.08. The molecule has 0 unspecified atom stereocenters. The first-order chi connectivity index (χ1) is 10.2. The molecule has 0 aliphatic heterocycles. The van der Waals surface area contributed by atoms with Gasteiger partial charge < -0.3 is 5.32 Å². The van der Waals surface area contributed by atoms with Crippen molar-refractivity contribution in [1.29, 1.82) is 0 Å². The third-order valence-corrected chi connectivity index (χ3v) is 3.61. The van der Waals surface area contributed by atoms with E-state index in [1.54, 1.807) is 0 Å². The number of nitrogens with one attached hydrogen (secondary N) is 1. The number of fused-ring (bicyclic) bond motifs is 1. The molecule has 0 aliphatic rings. The van der Waals surface area contributed by atoms with Crippen molar-refractivity contribution in [2.45, 2.75) is 13.5 Å². The maximum atomic E-state index is 12.4. The fourth-order valence-electron chi connectivity index (χ4n) is 2.41. The van der Waals surface area contributed by atoms with Gasteiger partial charge in [-0.25, -0.2) is 0 Å². The minimum absolute atomic E-state index is 0.0348. The predicted octanol–water partition coefficient (Wildman–Crippen LogP) is 4.08. The van der Waals surface area contributed by atoms with Gasteiger partial charge in [0.05, 0.1) is 0 Å². The molecule has 0 bridgehead atoms. The van der Waals surface area contributed by atoms with Crippen LogP contribution in [-0.2, 0) is 6.54 Å². The molecule has 2 heteroatoms. The average molecular weight is 275 g/mol. The van der Waals surface area contributed by atoms with Crippen LogP contribution >= 0.6 is 0 Å². The number of aryl methyl sites for hydroxylation is 1. The smallest absolute Gasteiger partial charge is 0.252 e. The van der Waals surface area contributed by atoms with E-state index in [4.69, 9.17) is 0 Å². The van der Waals surface area contributed by atoms with Crippen LogP contribution in [0.25, 0.3) is 10.8 Å². The second-order valence-corrected chi connectivity index (χ2v) is 5.19. The topological polar surface area (TPSA) is 29.1 Å². The maximum Gasteiger partial charge on any atom is 0.252 e. The molecule has 3 rings (SSSR count). The highest BCUT2D eigenvalue weighted by molar-refractivity contribution is 6.06. The molecule has 0 saturated heterocycles. The van der Waals surface area contributed by atoms with Gasteiger partial charge in [-0.05, 0) is 29.3 Å². The number of hydrogen-bond donors (Lipinski definition) is 1. The molecule has 1 amide bonds. The van der Waals surface area contributed by atoms with Crippen LogP contribution < -0.4 is 5.32 Å². The van der Waals surface area contributed by atoms with E-state index in [1.807, 2.05) is 54.6 Å². The van der Waals surface area contributed by atoms with Gasteiger partial charge in [-0.1, -0.05) is 66.2 Å². The van der Waals surface area contributed by atoms with E-state index in [0.29, 0.717) is 6.54 Å². The lowest BCUT2D eigenvalue weighted by Crippen LogP contribution is -2.22. The lowest BCUT2D eigenvalue weighted by atomic mass is 10.0. The minimum atomic E-state index is -0.0348. The number of rotatable bonds is 3. The van der Waals surface area contributed by atoms with Crippen LogP contribution in [0.3, 0.4) is 0 Å². The molecule has 0 fully saturated rings. The molecule has 21 heavy (non-hydrogen) atoms. The SMILES string of the molecule is Cc1ccc(CNC(=O)c2cccc3ccccc23)cc1. The Balaban J connectivity index is 1.79. The van der Waals surface area contributed by atoms with Crippen molar-refractivity contribution in [2.24, 2.45) is 0 Å². The van der Waals surface area contributed by atoms with E-state index in [-0.39, 0.29) is 5.91 Å². The summed E-state index contributed by atoms with van der Waals surface area (Å²) in [6, 6.07) is 21.9. The Hall–Kier alpha value is -2.61. The summed E-state index contributed by atoms with van der Waals surface area (Å²) in [6.07, 6.45) is 0. The quantitative estimate of drug-likeness (QED) is 0.766. The monoisotopic (exact) mass is 275 g/mol. The second-order valence-electron chi connectivity index (χ2n) is 5.19. The largest absolute Gasteiger partial charge is 0.348 e. The Morgan fingerprint density at radius 2 is 1.62 bits per heavy atom. The number of carbonyl (C=O) groups is 1. The van der Waals surface area contributed by atoms with Gasteiger partial charge in [0.15, 0.2) is 0 Å². The number of hydrogen-bond acceptors (Lipinski definition) is 1. The molecule has 0 radical (unpaired) electrons. The molecule has 0 aliphatic carbocycles. The van der Waals surface area contributed by atoms with E-state index in [1.165, 1.54) is 5.56 Å². The van der Waals surface area contributed by atoms with Crippen LogP contribution in [0.1, 0.15) is 21.5 Å². The van der Waals surface area contributed by atoms with Gasteiger partial charge in [0.2, 0.25) is 0 Å². The molecule has 1 N–H and O–H groups in total. The summed E-state index contributed by atoms with van der Waals surface area (Å²) in [7, 11) is 0. The lowest BCUT2D eigenvalue weighted by molar-refractivity contribution is 0.0952. The Morgan fingerprint density at radius 1 is 0.905 bits per heavy atom. The zero-order chi connectivity index (χ0) is 14.7. The molecule has 0 heterocycles. The van der Waals surface area contributed by atoms with Crippen LogP contribution in [-0.4, -0.2) is 5.91 Å². The van der Waals surface area contributed by atoms with Crippen molar-refractivity contribution in [3.05, 3.63) is 83.4 Å². The van der Waals surface area contributed by atoms with Crippen molar-refractivity contribution in [3.63, 3.8) is 0 Å². The molecule has 3 aromatic carbocycles. The van der Waals surface area contributed by atoms with Crippen molar-refractivity contribution in [1.82, 2.24) is 5.32 Å². The summed E-state index contributed by atoms with van der Waals surface area (Å²) in [4.78, 5) is 12.4. The van der Waals surface area contributed by atoms with Crippen LogP contribution in [0.15, 0.2) is 66.7 Å². The standard InChI is InChI=1S/C19H17NO/c1-14-9-11-15(12-10-14)13-20-19(21)18-8-4-6-16-5-2-3-7-17(16)18/h2-12H,13H2,1H3,(H,20,21). The summed E-state index contributed by atoms with van der Waals surface area (Å²) >= 11 is 0. The Bertz CT molecular complexity index is 770. The van der Waals surface area contributed by atoms with E-state index < -0.39 is 0 Å². The van der Waals surface area contributed by atoms with E-state index in [0.717, 1.165) is 21.9 Å². The van der Waals surface area contributed by atoms with Gasteiger partial charge in [-0.15, -0.1) is 0 Å². The van der Waals surface area contributed by atoms with Crippen LogP contribution in [0.2, 0.25) is 0 Å². The molecule has 0 aromatic heterocycles. The van der Waals surface area contributed by atoms with Gasteiger partial charge >= 0.3 is 0 Å². The predicted molar refractivity (Wildman–Crippen MR) is 86.3 cm³/mol. The van der Waals surface area contributed by atoms with E-state index in [9.17, 15) is 4.79 Å². The first-order valence-corrected chi connectivity index (χ1v) is 7.05. The molecule has 104 valence electrons. The molecule has 0 saturated carbocycles. The first-order valence-electron chi connectivity index (χ1n) is 7.05. The van der Waals surface area contributed by atoms with Gasteiger partial charge in [0.1, 0.15) is 0 Å². The molecular formula is C19H17NO. The minimum Gasteiger partial charge on any atom is -0.348 e. The van der Waals surface area contributed by atoms with Crippen LogP contribution in [0.5, 0.6) is 0 Å². The van der Waals surface area contributed by atoms with Crippen molar-refractivity contribution >= 4 is 16.7 Å². The highest BCUT2D eigenvalue weighted by atomic mass is 16.1. The average Bonchev–Trinajstić information content (AvgIpc) is 2.53. The van der Waals surface area contributed by atoms with Gasteiger partial charge in [0, 0.05) is 12.1 Å². The summed E-state index contributed by atoms with van der Waals surface area (Å²) in [5, 5.41) is 5.06. The van der Waals surface area contributed by atoms with Crippen molar-refractivity contribution in [3.8, 4) is 0 Å². The summed E-state index contributed by atoms with van der Waals surface area (Å²) < 4.78 is 0. The Labute approximate surface area is 124 Å². The molecule has 0 atom stereocenters. The second kappa shape index (κ2) is 5.80. The zero-order valence-electron chi connectivity index (χ0n) is 12.0.